The van der Waals surface area contributed by atoms with Crippen LogP contribution in [0, 0.1) is 0 Å². The zero-order valence-electron chi connectivity index (χ0n) is 8.54. The SMILES string of the molecule is CC(C)Nc1cc(-c2ccc(Br)o2)[nH]n1. The third-order valence-corrected chi connectivity index (χ3v) is 2.28. The molecule has 0 aliphatic carbocycles. The minimum absolute atomic E-state index is 0.365. The summed E-state index contributed by atoms with van der Waals surface area (Å²) in [4.78, 5) is 0. The Morgan fingerprint density at radius 2 is 2.27 bits per heavy atom. The van der Waals surface area contributed by atoms with Gasteiger partial charge in [0.1, 0.15) is 11.5 Å². The third-order valence-electron chi connectivity index (χ3n) is 1.85. The molecule has 0 saturated heterocycles. The van der Waals surface area contributed by atoms with Crippen LogP contribution in [-0.4, -0.2) is 16.2 Å². The van der Waals surface area contributed by atoms with Crippen molar-refractivity contribution in [2.75, 3.05) is 5.32 Å². The van der Waals surface area contributed by atoms with Gasteiger partial charge < -0.3 is 9.73 Å². The zero-order valence-corrected chi connectivity index (χ0v) is 10.1. The van der Waals surface area contributed by atoms with Gasteiger partial charge in [0, 0.05) is 12.1 Å². The molecule has 0 spiro atoms. The number of rotatable bonds is 3. The van der Waals surface area contributed by atoms with Crippen LogP contribution in [0.4, 0.5) is 5.82 Å². The lowest BCUT2D eigenvalue weighted by molar-refractivity contribution is 0.553. The molecule has 2 aromatic rings. The number of H-pyrrole nitrogens is 1. The van der Waals surface area contributed by atoms with E-state index in [0.717, 1.165) is 17.3 Å². The standard InChI is InChI=1S/C10H12BrN3O/c1-6(2)12-10-5-7(13-14-10)8-3-4-9(11)15-8/h3-6H,1-2H3,(H2,12,13,14). The predicted molar refractivity (Wildman–Crippen MR) is 62.7 cm³/mol. The first-order chi connectivity index (χ1) is 7.15. The maximum atomic E-state index is 5.41. The molecular formula is C10H12BrN3O. The molecule has 4 nitrogen and oxygen atoms in total. The molecular weight excluding hydrogens is 258 g/mol. The van der Waals surface area contributed by atoms with Gasteiger partial charge in [-0.3, -0.25) is 5.10 Å². The van der Waals surface area contributed by atoms with Crippen LogP contribution in [-0.2, 0) is 0 Å². The lowest BCUT2D eigenvalue weighted by atomic mass is 10.3. The Hall–Kier alpha value is -1.23. The van der Waals surface area contributed by atoms with Crippen LogP contribution in [0.3, 0.4) is 0 Å². The average Bonchev–Trinajstić information content (AvgIpc) is 2.72. The Kier molecular flexibility index (Phi) is 2.81. The molecule has 0 radical (unpaired) electrons. The number of hydrogen-bond acceptors (Lipinski definition) is 3. The van der Waals surface area contributed by atoms with Crippen molar-refractivity contribution in [2.24, 2.45) is 0 Å². The number of halogens is 1. The van der Waals surface area contributed by atoms with E-state index >= 15 is 0 Å². The molecule has 0 atom stereocenters. The number of anilines is 1. The molecule has 0 unspecified atom stereocenters. The number of nitrogens with one attached hydrogen (secondary N) is 2. The molecule has 2 aromatic heterocycles. The van der Waals surface area contributed by atoms with E-state index in [1.165, 1.54) is 0 Å². The van der Waals surface area contributed by atoms with E-state index in [-0.39, 0.29) is 0 Å². The van der Waals surface area contributed by atoms with Crippen LogP contribution in [0.2, 0.25) is 0 Å². The van der Waals surface area contributed by atoms with Crippen molar-refractivity contribution >= 4 is 21.7 Å². The highest BCUT2D eigenvalue weighted by Crippen LogP contribution is 2.24. The molecule has 15 heavy (non-hydrogen) atoms. The first kappa shape index (κ1) is 10.3. The van der Waals surface area contributed by atoms with Crippen molar-refractivity contribution in [3.63, 3.8) is 0 Å². The summed E-state index contributed by atoms with van der Waals surface area (Å²) in [6, 6.07) is 6.03. The van der Waals surface area contributed by atoms with Crippen LogP contribution < -0.4 is 5.32 Å². The summed E-state index contributed by atoms with van der Waals surface area (Å²) < 4.78 is 6.12. The Bertz CT molecular complexity index is 447. The maximum Gasteiger partial charge on any atom is 0.169 e. The Morgan fingerprint density at radius 1 is 1.47 bits per heavy atom. The van der Waals surface area contributed by atoms with Crippen LogP contribution in [0.25, 0.3) is 11.5 Å². The minimum Gasteiger partial charge on any atom is -0.448 e. The second-order valence-electron chi connectivity index (χ2n) is 3.57. The smallest absolute Gasteiger partial charge is 0.169 e. The van der Waals surface area contributed by atoms with Gasteiger partial charge in [-0.05, 0) is 41.9 Å². The Labute approximate surface area is 96.2 Å². The fourth-order valence-corrected chi connectivity index (χ4v) is 1.58. The Morgan fingerprint density at radius 3 is 2.87 bits per heavy atom. The lowest BCUT2D eigenvalue weighted by Crippen LogP contribution is -2.09. The van der Waals surface area contributed by atoms with Gasteiger partial charge >= 0.3 is 0 Å². The third kappa shape index (κ3) is 2.41. The van der Waals surface area contributed by atoms with Crippen LogP contribution in [0.5, 0.6) is 0 Å². The minimum atomic E-state index is 0.365. The van der Waals surface area contributed by atoms with Gasteiger partial charge in [-0.1, -0.05) is 0 Å². The largest absolute Gasteiger partial charge is 0.448 e. The molecule has 0 saturated carbocycles. The Balaban J connectivity index is 2.20. The monoisotopic (exact) mass is 269 g/mol. The fraction of sp³-hybridized carbons (Fsp3) is 0.300. The second kappa shape index (κ2) is 4.10. The molecule has 5 heteroatoms. The van der Waals surface area contributed by atoms with E-state index < -0.39 is 0 Å². The molecule has 2 heterocycles. The molecule has 0 aromatic carbocycles. The van der Waals surface area contributed by atoms with E-state index in [1.807, 2.05) is 18.2 Å². The molecule has 0 aliphatic rings. The number of aromatic nitrogens is 2. The fourth-order valence-electron chi connectivity index (χ4n) is 1.28. The number of furan rings is 1. The molecule has 2 rings (SSSR count). The summed E-state index contributed by atoms with van der Waals surface area (Å²) in [6.45, 7) is 4.13. The summed E-state index contributed by atoms with van der Waals surface area (Å²) in [5.41, 5.74) is 0.865. The second-order valence-corrected chi connectivity index (χ2v) is 4.35. The van der Waals surface area contributed by atoms with Gasteiger partial charge in [-0.2, -0.15) is 5.10 Å². The van der Waals surface area contributed by atoms with Crippen molar-refractivity contribution in [3.8, 4) is 11.5 Å². The number of aromatic amines is 1. The van der Waals surface area contributed by atoms with E-state index in [1.54, 1.807) is 0 Å². The highest BCUT2D eigenvalue weighted by Gasteiger charge is 2.07. The molecule has 0 bridgehead atoms. The van der Waals surface area contributed by atoms with Gasteiger partial charge in [0.2, 0.25) is 0 Å². The van der Waals surface area contributed by atoms with Gasteiger partial charge in [0.05, 0.1) is 0 Å². The first-order valence-electron chi connectivity index (χ1n) is 4.73. The van der Waals surface area contributed by atoms with Gasteiger partial charge in [0.15, 0.2) is 10.4 Å². The molecule has 80 valence electrons. The van der Waals surface area contributed by atoms with Crippen LogP contribution >= 0.6 is 15.9 Å². The summed E-state index contributed by atoms with van der Waals surface area (Å²) in [5, 5.41) is 10.3. The zero-order chi connectivity index (χ0) is 10.8. The first-order valence-corrected chi connectivity index (χ1v) is 5.52. The summed E-state index contributed by atoms with van der Waals surface area (Å²) >= 11 is 3.26. The van der Waals surface area contributed by atoms with Crippen LogP contribution in [0.1, 0.15) is 13.8 Å². The average molecular weight is 270 g/mol. The van der Waals surface area contributed by atoms with Gasteiger partial charge in [-0.25, -0.2) is 0 Å². The predicted octanol–water partition coefficient (Wildman–Crippen LogP) is 3.25. The van der Waals surface area contributed by atoms with Crippen molar-refractivity contribution in [1.29, 1.82) is 0 Å². The summed E-state index contributed by atoms with van der Waals surface area (Å²) in [5.74, 6) is 1.60. The van der Waals surface area contributed by atoms with E-state index in [4.69, 9.17) is 4.42 Å². The molecule has 0 aliphatic heterocycles. The lowest BCUT2D eigenvalue weighted by Gasteiger charge is -2.03. The van der Waals surface area contributed by atoms with Crippen molar-refractivity contribution in [2.45, 2.75) is 19.9 Å². The molecule has 0 amide bonds. The topological polar surface area (TPSA) is 53.9 Å². The highest BCUT2D eigenvalue weighted by atomic mass is 79.9. The quantitative estimate of drug-likeness (QED) is 0.900. The van der Waals surface area contributed by atoms with Crippen LogP contribution in [0.15, 0.2) is 27.3 Å². The summed E-state index contributed by atoms with van der Waals surface area (Å²) in [7, 11) is 0. The van der Waals surface area contributed by atoms with Crippen molar-refractivity contribution < 1.29 is 4.42 Å². The highest BCUT2D eigenvalue weighted by molar-refractivity contribution is 9.10. The van der Waals surface area contributed by atoms with E-state index in [2.05, 4.69) is 45.3 Å². The van der Waals surface area contributed by atoms with E-state index in [9.17, 15) is 0 Å². The number of hydrogen-bond donors (Lipinski definition) is 2. The molecule has 0 fully saturated rings. The van der Waals surface area contributed by atoms with Gasteiger partial charge in [0.25, 0.3) is 0 Å². The van der Waals surface area contributed by atoms with Crippen molar-refractivity contribution in [1.82, 2.24) is 10.2 Å². The number of nitrogens with zero attached hydrogens (tertiary/aromatic N) is 1. The normalized spacial score (nSPS) is 10.9. The van der Waals surface area contributed by atoms with Crippen molar-refractivity contribution in [3.05, 3.63) is 22.9 Å². The van der Waals surface area contributed by atoms with Gasteiger partial charge in [-0.15, -0.1) is 0 Å². The molecule has 2 N–H and O–H groups in total. The maximum absolute atomic E-state index is 5.41. The van der Waals surface area contributed by atoms with E-state index in [0.29, 0.717) is 10.7 Å². The summed E-state index contributed by atoms with van der Waals surface area (Å²) in [6.07, 6.45) is 0.